The summed E-state index contributed by atoms with van der Waals surface area (Å²) in [5.74, 6) is -0.552. The van der Waals surface area contributed by atoms with Gasteiger partial charge in [-0.25, -0.2) is 9.78 Å². The van der Waals surface area contributed by atoms with E-state index < -0.39 is 39.9 Å². The fourth-order valence-electron chi connectivity index (χ4n) is 4.25. The Kier molecular flexibility index (Phi) is 9.30. The number of hydrogen-bond donors (Lipinski definition) is 4. The second-order valence-electron chi connectivity index (χ2n) is 8.84. The Hall–Kier alpha value is -3.36. The largest absolute Gasteiger partial charge is 0.453 e. The van der Waals surface area contributed by atoms with E-state index in [0.717, 1.165) is 21.1 Å². The number of aromatic nitrogens is 1. The van der Waals surface area contributed by atoms with Gasteiger partial charge in [0.25, 0.3) is 0 Å². The summed E-state index contributed by atoms with van der Waals surface area (Å²) in [6.45, 7) is 0. The van der Waals surface area contributed by atoms with E-state index in [2.05, 4.69) is 15.4 Å². The van der Waals surface area contributed by atoms with Crippen LogP contribution in [0.15, 0.2) is 77.5 Å². The van der Waals surface area contributed by atoms with Gasteiger partial charge in [0.2, 0.25) is 5.91 Å². The van der Waals surface area contributed by atoms with Gasteiger partial charge in [0.15, 0.2) is 0 Å². The molecule has 1 aliphatic rings. The molecule has 206 valence electrons. The van der Waals surface area contributed by atoms with Crippen LogP contribution < -0.4 is 15.4 Å². The number of ether oxygens (including phenoxy) is 1. The smallest absolute Gasteiger partial charge is 0.407 e. The number of thiophene rings is 1. The monoisotopic (exact) mass is 588 g/mol. The van der Waals surface area contributed by atoms with Gasteiger partial charge in [-0.05, 0) is 29.9 Å². The predicted octanol–water partition coefficient (Wildman–Crippen LogP) is 3.51. The molecule has 13 heteroatoms. The van der Waals surface area contributed by atoms with E-state index in [1.54, 1.807) is 35.6 Å². The topological polar surface area (TPSA) is 147 Å². The van der Waals surface area contributed by atoms with Crippen LogP contribution >= 0.6 is 22.7 Å². The lowest BCUT2D eigenvalue weighted by Gasteiger charge is -2.40. The first-order valence-electron chi connectivity index (χ1n) is 12.0. The quantitative estimate of drug-likeness (QED) is 0.251. The lowest BCUT2D eigenvalue weighted by molar-refractivity contribution is -0.124. The molecule has 2 heterocycles. The maximum Gasteiger partial charge on any atom is 0.407 e. The number of carbonyl (C=O) groups excluding carboxylic acids is 2. The van der Waals surface area contributed by atoms with Crippen LogP contribution in [0.2, 0.25) is 0 Å². The third-order valence-electron chi connectivity index (χ3n) is 6.15. The van der Waals surface area contributed by atoms with Crippen molar-refractivity contribution in [3.05, 3.63) is 88.8 Å². The van der Waals surface area contributed by atoms with E-state index >= 15 is 0 Å². The van der Waals surface area contributed by atoms with Crippen molar-refractivity contribution in [1.29, 1.82) is 0 Å². The first kappa shape index (κ1) is 28.6. The second-order valence-corrected chi connectivity index (χ2v) is 11.8. The molecule has 0 saturated carbocycles. The molecule has 1 aromatic carbocycles. The number of aryl methyl sites for hydroxylation is 1. The molecule has 4 N–H and O–H groups in total. The van der Waals surface area contributed by atoms with Crippen molar-refractivity contribution in [2.45, 2.75) is 36.9 Å². The molecule has 3 aromatic rings. The van der Waals surface area contributed by atoms with Gasteiger partial charge in [-0.15, -0.1) is 22.7 Å². The van der Waals surface area contributed by atoms with Crippen molar-refractivity contribution in [2.24, 2.45) is 0 Å². The maximum atomic E-state index is 13.7. The number of thiazole rings is 1. The molecule has 10 nitrogen and oxygen atoms in total. The third-order valence-corrected chi connectivity index (χ3v) is 8.63. The predicted molar refractivity (Wildman–Crippen MR) is 151 cm³/mol. The Labute approximate surface area is 234 Å². The van der Waals surface area contributed by atoms with Crippen LogP contribution in [0.25, 0.3) is 9.88 Å². The zero-order valence-corrected chi connectivity index (χ0v) is 23.4. The minimum absolute atomic E-state index is 0.171. The first-order valence-corrected chi connectivity index (χ1v) is 15.2. The molecule has 39 heavy (non-hydrogen) atoms. The van der Waals surface area contributed by atoms with E-state index in [1.807, 2.05) is 53.2 Å². The van der Waals surface area contributed by atoms with Crippen molar-refractivity contribution in [1.82, 2.24) is 20.3 Å². The van der Waals surface area contributed by atoms with Crippen LogP contribution in [-0.4, -0.2) is 54.7 Å². The van der Waals surface area contributed by atoms with E-state index in [9.17, 15) is 22.6 Å². The highest BCUT2D eigenvalue weighted by Gasteiger charge is 2.41. The number of rotatable bonds is 11. The van der Waals surface area contributed by atoms with Gasteiger partial charge in [0.05, 0.1) is 29.3 Å². The average Bonchev–Trinajstić information content (AvgIpc) is 3.60. The molecule has 2 aromatic heterocycles. The Morgan fingerprint density at radius 1 is 1.15 bits per heavy atom. The molecule has 0 radical (unpaired) electrons. The van der Waals surface area contributed by atoms with E-state index in [-0.39, 0.29) is 12.8 Å². The van der Waals surface area contributed by atoms with Gasteiger partial charge in [0.1, 0.15) is 11.0 Å². The number of carbonyl (C=O) groups is 2. The van der Waals surface area contributed by atoms with Crippen molar-refractivity contribution >= 4 is 45.0 Å². The summed E-state index contributed by atoms with van der Waals surface area (Å²) in [6, 6.07) is 11.0. The van der Waals surface area contributed by atoms with Crippen LogP contribution in [0, 0.1) is 0 Å². The zero-order valence-electron chi connectivity index (χ0n) is 20.9. The van der Waals surface area contributed by atoms with Crippen molar-refractivity contribution in [3.63, 3.8) is 0 Å². The van der Waals surface area contributed by atoms with E-state index in [4.69, 9.17) is 9.72 Å². The van der Waals surface area contributed by atoms with E-state index in [1.165, 1.54) is 18.4 Å². The van der Waals surface area contributed by atoms with Gasteiger partial charge in [-0.1, -0.05) is 60.7 Å². The average molecular weight is 589 g/mol. The SMILES string of the molecule is COC(=O)N[C@@H](Cc1ccccc1)C(=O)NC1(CCc2csc(-c3cccs3)n2)C=CC=C[C@@H]1NS(=O)(=O)O. The summed E-state index contributed by atoms with van der Waals surface area (Å²) in [6.07, 6.45) is 6.58. The number of nitrogens with zero attached hydrogens (tertiary/aromatic N) is 1. The molecule has 4 rings (SSSR count). The molecule has 0 fully saturated rings. The van der Waals surface area contributed by atoms with Crippen LogP contribution in [0.4, 0.5) is 4.79 Å². The Balaban J connectivity index is 1.61. The first-order chi connectivity index (χ1) is 18.7. The molecule has 1 unspecified atom stereocenters. The molecular formula is C26H28N4O6S3. The highest BCUT2D eigenvalue weighted by atomic mass is 32.2. The Morgan fingerprint density at radius 2 is 1.95 bits per heavy atom. The molecule has 0 saturated heterocycles. The van der Waals surface area contributed by atoms with Gasteiger partial charge in [0, 0.05) is 11.8 Å². The highest BCUT2D eigenvalue weighted by Crippen LogP contribution is 2.30. The van der Waals surface area contributed by atoms with Crippen LogP contribution in [0.5, 0.6) is 0 Å². The third kappa shape index (κ3) is 7.83. The van der Waals surface area contributed by atoms with Crippen LogP contribution in [0.1, 0.15) is 17.7 Å². The summed E-state index contributed by atoms with van der Waals surface area (Å²) in [7, 11) is -3.42. The zero-order chi connectivity index (χ0) is 27.9. The van der Waals surface area contributed by atoms with E-state index in [0.29, 0.717) is 6.42 Å². The number of hydrogen-bond acceptors (Lipinski definition) is 8. The Morgan fingerprint density at radius 3 is 2.64 bits per heavy atom. The lowest BCUT2D eigenvalue weighted by atomic mass is 9.81. The second kappa shape index (κ2) is 12.7. The molecule has 0 spiro atoms. The number of amides is 2. The van der Waals surface area contributed by atoms with Gasteiger partial charge < -0.3 is 15.4 Å². The summed E-state index contributed by atoms with van der Waals surface area (Å²) < 4.78 is 40.2. The number of alkyl carbamates (subject to hydrolysis) is 1. The molecule has 1 aliphatic carbocycles. The maximum absolute atomic E-state index is 13.7. The number of nitrogens with one attached hydrogen (secondary N) is 3. The summed E-state index contributed by atoms with van der Waals surface area (Å²) >= 11 is 3.08. The van der Waals surface area contributed by atoms with Crippen molar-refractivity contribution < 1.29 is 27.3 Å². The molecular weight excluding hydrogens is 561 g/mol. The minimum atomic E-state index is -4.62. The van der Waals surface area contributed by atoms with Gasteiger partial charge in [-0.2, -0.15) is 13.1 Å². The molecule has 2 amide bonds. The summed E-state index contributed by atoms with van der Waals surface area (Å²) in [4.78, 5) is 31.5. The molecule has 3 atom stereocenters. The fourth-order valence-corrected chi connectivity index (χ4v) is 6.53. The summed E-state index contributed by atoms with van der Waals surface area (Å²) in [5.41, 5.74) is 0.304. The van der Waals surface area contributed by atoms with Crippen molar-refractivity contribution in [2.75, 3.05) is 7.11 Å². The lowest BCUT2D eigenvalue weighted by Crippen LogP contribution is -2.64. The number of methoxy groups -OCH3 is 1. The van der Waals surface area contributed by atoms with Crippen LogP contribution in [0.3, 0.4) is 0 Å². The number of allylic oxidation sites excluding steroid dienone is 2. The highest BCUT2D eigenvalue weighted by molar-refractivity contribution is 7.83. The minimum Gasteiger partial charge on any atom is -0.453 e. The normalized spacial score (nSPS) is 19.4. The standard InChI is InChI=1S/C26H28N4O6S3/c1-36-25(32)28-20(16-18-8-3-2-4-9-18)23(31)29-26(13-6-5-11-22(26)30-39(33,34)35)14-12-19-17-38-24(27-19)21-10-7-15-37-21/h2-11,13,15,17,20,22,30H,12,14,16H2,1H3,(H,28,32)(H,29,31)(H,33,34,35)/t20-,22-,26?/m0/s1. The number of benzene rings is 1. The molecule has 0 aliphatic heterocycles. The van der Waals surface area contributed by atoms with Gasteiger partial charge >= 0.3 is 16.4 Å². The van der Waals surface area contributed by atoms with Crippen LogP contribution in [-0.2, 0) is 32.7 Å². The molecule has 0 bridgehead atoms. The van der Waals surface area contributed by atoms with Crippen molar-refractivity contribution in [3.8, 4) is 9.88 Å². The fraction of sp³-hybridized carbons (Fsp3) is 0.269. The Bertz CT molecular complexity index is 1440. The van der Waals surface area contributed by atoms with Gasteiger partial charge in [-0.3, -0.25) is 9.35 Å². The summed E-state index contributed by atoms with van der Waals surface area (Å²) in [5, 5.41) is 10.3.